The van der Waals surface area contributed by atoms with E-state index in [0.29, 0.717) is 18.5 Å². The van der Waals surface area contributed by atoms with Crippen molar-refractivity contribution in [2.45, 2.75) is 19.4 Å². The fourth-order valence-corrected chi connectivity index (χ4v) is 3.32. The van der Waals surface area contributed by atoms with Gasteiger partial charge in [0.25, 0.3) is 0 Å². The number of carbonyl (C=O) groups excluding carboxylic acids is 1. The average molecular weight is 325 g/mol. The smallest absolute Gasteiger partial charge is 0.319 e. The number of hydrogen-bond donors (Lipinski definition) is 2. The first-order chi connectivity index (χ1) is 11.6. The second-order valence-corrected chi connectivity index (χ2v) is 6.29. The van der Waals surface area contributed by atoms with E-state index >= 15 is 0 Å². The Balaban J connectivity index is 1.59. The van der Waals surface area contributed by atoms with Crippen LogP contribution in [0.5, 0.6) is 0 Å². The SMILES string of the molecule is Cc1cnccc1NC(=O)NC[C@@H]1CCN(C)[C@H]1c1cccnc1. The summed E-state index contributed by atoms with van der Waals surface area (Å²) >= 11 is 0. The zero-order valence-electron chi connectivity index (χ0n) is 14.1. The van der Waals surface area contributed by atoms with E-state index < -0.39 is 0 Å². The summed E-state index contributed by atoms with van der Waals surface area (Å²) in [5, 5.41) is 5.89. The number of anilines is 1. The molecule has 2 amide bonds. The van der Waals surface area contributed by atoms with Gasteiger partial charge in [0.15, 0.2) is 0 Å². The fraction of sp³-hybridized carbons (Fsp3) is 0.389. The Morgan fingerprint density at radius 1 is 1.29 bits per heavy atom. The van der Waals surface area contributed by atoms with Gasteiger partial charge in [-0.1, -0.05) is 6.07 Å². The number of rotatable bonds is 4. The molecule has 0 aromatic carbocycles. The van der Waals surface area contributed by atoms with Crippen molar-refractivity contribution in [3.05, 3.63) is 54.1 Å². The third kappa shape index (κ3) is 3.71. The summed E-state index contributed by atoms with van der Waals surface area (Å²) in [6, 6.07) is 5.99. The van der Waals surface area contributed by atoms with E-state index in [4.69, 9.17) is 0 Å². The second-order valence-electron chi connectivity index (χ2n) is 6.29. The first-order valence-corrected chi connectivity index (χ1v) is 8.21. The first-order valence-electron chi connectivity index (χ1n) is 8.21. The van der Waals surface area contributed by atoms with Gasteiger partial charge in [0, 0.05) is 43.1 Å². The molecule has 126 valence electrons. The molecule has 2 N–H and O–H groups in total. The summed E-state index contributed by atoms with van der Waals surface area (Å²) in [7, 11) is 2.12. The van der Waals surface area contributed by atoms with Gasteiger partial charge >= 0.3 is 6.03 Å². The molecular weight excluding hydrogens is 302 g/mol. The Labute approximate surface area is 142 Å². The topological polar surface area (TPSA) is 70.2 Å². The van der Waals surface area contributed by atoms with Crippen LogP contribution >= 0.6 is 0 Å². The summed E-state index contributed by atoms with van der Waals surface area (Å²) in [6.07, 6.45) is 8.17. The van der Waals surface area contributed by atoms with Crippen LogP contribution in [0.3, 0.4) is 0 Å². The molecule has 3 rings (SSSR count). The molecule has 0 aliphatic carbocycles. The Morgan fingerprint density at radius 3 is 2.88 bits per heavy atom. The van der Waals surface area contributed by atoms with Crippen LogP contribution in [0.25, 0.3) is 0 Å². The lowest BCUT2D eigenvalue weighted by Gasteiger charge is -2.25. The maximum absolute atomic E-state index is 12.2. The van der Waals surface area contributed by atoms with E-state index in [1.165, 1.54) is 5.56 Å². The molecule has 2 aromatic rings. The molecule has 0 radical (unpaired) electrons. The molecule has 6 heteroatoms. The lowest BCUT2D eigenvalue weighted by molar-refractivity contribution is 0.243. The fourth-order valence-electron chi connectivity index (χ4n) is 3.32. The normalized spacial score (nSPS) is 20.8. The first kappa shape index (κ1) is 16.4. The van der Waals surface area contributed by atoms with Crippen LogP contribution in [0, 0.1) is 12.8 Å². The number of likely N-dealkylation sites (tertiary alicyclic amines) is 1. The third-order valence-corrected chi connectivity index (χ3v) is 4.59. The Hall–Kier alpha value is -2.47. The van der Waals surface area contributed by atoms with E-state index in [9.17, 15) is 4.79 Å². The molecule has 1 fully saturated rings. The van der Waals surface area contributed by atoms with Crippen LogP contribution < -0.4 is 10.6 Å². The lowest BCUT2D eigenvalue weighted by atomic mass is 9.95. The van der Waals surface area contributed by atoms with Crippen molar-refractivity contribution in [2.75, 3.05) is 25.5 Å². The van der Waals surface area contributed by atoms with Crippen molar-refractivity contribution in [2.24, 2.45) is 5.92 Å². The molecule has 0 unspecified atom stereocenters. The van der Waals surface area contributed by atoms with E-state index in [1.54, 1.807) is 24.7 Å². The van der Waals surface area contributed by atoms with E-state index in [2.05, 4.69) is 38.6 Å². The van der Waals surface area contributed by atoms with E-state index in [0.717, 1.165) is 24.2 Å². The molecule has 24 heavy (non-hydrogen) atoms. The number of urea groups is 1. The average Bonchev–Trinajstić information content (AvgIpc) is 2.96. The summed E-state index contributed by atoms with van der Waals surface area (Å²) in [5.41, 5.74) is 2.94. The second kappa shape index (κ2) is 7.40. The van der Waals surface area contributed by atoms with Crippen LogP contribution in [0.15, 0.2) is 43.0 Å². The van der Waals surface area contributed by atoms with Crippen LogP contribution in [0.4, 0.5) is 10.5 Å². The maximum Gasteiger partial charge on any atom is 0.319 e. The monoisotopic (exact) mass is 325 g/mol. The molecule has 0 bridgehead atoms. The molecule has 3 heterocycles. The van der Waals surface area contributed by atoms with Gasteiger partial charge in [-0.05, 0) is 56.1 Å². The number of aromatic nitrogens is 2. The van der Waals surface area contributed by atoms with E-state index in [1.807, 2.05) is 19.2 Å². The zero-order chi connectivity index (χ0) is 16.9. The molecule has 2 aromatic heterocycles. The van der Waals surface area contributed by atoms with Gasteiger partial charge in [0.2, 0.25) is 0 Å². The van der Waals surface area contributed by atoms with Gasteiger partial charge in [0.1, 0.15) is 0 Å². The number of carbonyl (C=O) groups is 1. The summed E-state index contributed by atoms with van der Waals surface area (Å²) < 4.78 is 0. The number of amides is 2. The van der Waals surface area contributed by atoms with Crippen LogP contribution in [0.1, 0.15) is 23.6 Å². The number of hydrogen-bond acceptors (Lipinski definition) is 4. The highest BCUT2D eigenvalue weighted by atomic mass is 16.2. The predicted octanol–water partition coefficient (Wildman–Crippen LogP) is 2.60. The lowest BCUT2D eigenvalue weighted by Crippen LogP contribution is -2.35. The Kier molecular flexibility index (Phi) is 5.05. The molecule has 0 saturated carbocycles. The third-order valence-electron chi connectivity index (χ3n) is 4.59. The van der Waals surface area contributed by atoms with Crippen molar-refractivity contribution in [3.8, 4) is 0 Å². The maximum atomic E-state index is 12.2. The van der Waals surface area contributed by atoms with E-state index in [-0.39, 0.29) is 6.03 Å². The highest BCUT2D eigenvalue weighted by Gasteiger charge is 2.33. The molecular formula is C18H23N5O. The van der Waals surface area contributed by atoms with Crippen LogP contribution in [0.2, 0.25) is 0 Å². The van der Waals surface area contributed by atoms with Crippen LogP contribution in [-0.2, 0) is 0 Å². The molecule has 0 spiro atoms. The summed E-state index contributed by atoms with van der Waals surface area (Å²) in [5.74, 6) is 0.378. The molecule has 1 aliphatic rings. The van der Waals surface area contributed by atoms with Gasteiger partial charge in [0.05, 0.1) is 0 Å². The van der Waals surface area contributed by atoms with Crippen molar-refractivity contribution >= 4 is 11.7 Å². The minimum atomic E-state index is -0.177. The molecule has 1 saturated heterocycles. The van der Waals surface area contributed by atoms with Crippen molar-refractivity contribution in [3.63, 3.8) is 0 Å². The Morgan fingerprint density at radius 2 is 2.12 bits per heavy atom. The summed E-state index contributed by atoms with van der Waals surface area (Å²) in [4.78, 5) is 22.8. The zero-order valence-corrected chi connectivity index (χ0v) is 14.1. The minimum Gasteiger partial charge on any atom is -0.338 e. The Bertz CT molecular complexity index is 691. The van der Waals surface area contributed by atoms with Crippen molar-refractivity contribution in [1.82, 2.24) is 20.2 Å². The largest absolute Gasteiger partial charge is 0.338 e. The molecule has 1 aliphatic heterocycles. The highest BCUT2D eigenvalue weighted by molar-refractivity contribution is 5.89. The highest BCUT2D eigenvalue weighted by Crippen LogP contribution is 2.35. The number of nitrogens with zero attached hydrogens (tertiary/aromatic N) is 3. The van der Waals surface area contributed by atoms with Gasteiger partial charge in [-0.25, -0.2) is 4.79 Å². The van der Waals surface area contributed by atoms with Gasteiger partial charge < -0.3 is 10.6 Å². The number of aryl methyl sites for hydroxylation is 1. The molecule has 2 atom stereocenters. The number of nitrogens with one attached hydrogen (secondary N) is 2. The van der Waals surface area contributed by atoms with Gasteiger partial charge in [-0.3, -0.25) is 14.9 Å². The summed E-state index contributed by atoms with van der Waals surface area (Å²) in [6.45, 7) is 3.59. The predicted molar refractivity (Wildman–Crippen MR) is 93.7 cm³/mol. The van der Waals surface area contributed by atoms with Crippen molar-refractivity contribution < 1.29 is 4.79 Å². The van der Waals surface area contributed by atoms with Crippen molar-refractivity contribution in [1.29, 1.82) is 0 Å². The standard InChI is InChI=1S/C18H23N5O/c1-13-10-20-8-5-16(13)22-18(24)21-12-15-6-9-23(2)17(15)14-4-3-7-19-11-14/h3-5,7-8,10-11,15,17H,6,9,12H2,1-2H3,(H2,20,21,22,24)/t15-,17-/m0/s1. The van der Waals surface area contributed by atoms with Gasteiger partial charge in [-0.2, -0.15) is 0 Å². The molecule has 6 nitrogen and oxygen atoms in total. The van der Waals surface area contributed by atoms with Crippen LogP contribution in [-0.4, -0.2) is 41.0 Å². The minimum absolute atomic E-state index is 0.177. The number of pyridine rings is 2. The quantitative estimate of drug-likeness (QED) is 0.906. The van der Waals surface area contributed by atoms with Gasteiger partial charge in [-0.15, -0.1) is 0 Å².